The maximum absolute atomic E-state index is 12.9. The molecule has 2 N–H and O–H groups in total. The minimum Gasteiger partial charge on any atom is -0.494 e. The third-order valence-corrected chi connectivity index (χ3v) is 6.85. The van der Waals surface area contributed by atoms with E-state index in [0.29, 0.717) is 33.6 Å². The fourth-order valence-corrected chi connectivity index (χ4v) is 4.96. The van der Waals surface area contributed by atoms with Crippen molar-refractivity contribution < 1.29 is 19.4 Å². The Morgan fingerprint density at radius 2 is 1.58 bits per heavy atom. The van der Waals surface area contributed by atoms with Gasteiger partial charge in [-0.3, -0.25) is 4.79 Å². The average Bonchev–Trinajstić information content (AvgIpc) is 3.26. The Bertz CT molecular complexity index is 1430. The number of aromatic amines is 1. The monoisotopic (exact) mass is 480 g/mol. The summed E-state index contributed by atoms with van der Waals surface area (Å²) >= 11 is 0. The van der Waals surface area contributed by atoms with Crippen LogP contribution in [0.3, 0.4) is 0 Å². The number of aliphatic imine (C=N–C) groups is 1. The minimum atomic E-state index is -0.452. The topological polar surface area (TPSA) is 91.8 Å². The lowest BCUT2D eigenvalue weighted by Gasteiger charge is -2.20. The van der Waals surface area contributed by atoms with Crippen molar-refractivity contribution in [2.24, 2.45) is 10.9 Å². The highest BCUT2D eigenvalue weighted by Crippen LogP contribution is 2.33. The van der Waals surface area contributed by atoms with Crippen LogP contribution >= 0.6 is 0 Å². The Hall–Kier alpha value is -4.19. The van der Waals surface area contributed by atoms with E-state index in [-0.39, 0.29) is 17.6 Å². The van der Waals surface area contributed by atoms with Gasteiger partial charge in [0.1, 0.15) is 0 Å². The van der Waals surface area contributed by atoms with Crippen LogP contribution in [0.1, 0.15) is 63.9 Å². The Morgan fingerprint density at radius 1 is 0.889 bits per heavy atom. The van der Waals surface area contributed by atoms with Gasteiger partial charge in [0.15, 0.2) is 11.7 Å². The van der Waals surface area contributed by atoms with E-state index in [4.69, 9.17) is 9.73 Å². The lowest BCUT2D eigenvalue weighted by Crippen LogP contribution is -2.17. The number of esters is 1. The average molecular weight is 481 g/mol. The molecule has 1 fully saturated rings. The highest BCUT2D eigenvalue weighted by Gasteiger charge is 2.23. The minimum absolute atomic E-state index is 0.0429. The standard InChI is InChI=1S/C30H28N2O4/c1-36-30(35)22-14-17-24-25(18-22)32-29(34)26(24)27(19-8-4-2-5-9-19)31-23-15-12-21(13-16-23)28(33)20-10-6-3-7-11-20/h2,4-5,8-9,12-18,20,32,34H,3,6-7,10-11H2,1H3. The summed E-state index contributed by atoms with van der Waals surface area (Å²) in [5.41, 5.74) is 4.32. The number of ether oxygens (including phenoxy) is 1. The molecule has 6 nitrogen and oxygen atoms in total. The summed E-state index contributed by atoms with van der Waals surface area (Å²) in [5.74, 6) is -0.165. The van der Waals surface area contributed by atoms with Crippen LogP contribution in [0.2, 0.25) is 0 Å². The number of Topliss-reactive ketones (excluding diaryl/α,β-unsaturated/α-hetero) is 1. The number of aromatic hydroxyl groups is 1. The summed E-state index contributed by atoms with van der Waals surface area (Å²) in [6.45, 7) is 0. The molecule has 182 valence electrons. The summed E-state index contributed by atoms with van der Waals surface area (Å²) in [6, 6.07) is 22.1. The van der Waals surface area contributed by atoms with Crippen molar-refractivity contribution in [1.82, 2.24) is 4.98 Å². The molecule has 0 aliphatic heterocycles. The first-order valence-electron chi connectivity index (χ1n) is 12.3. The van der Waals surface area contributed by atoms with Crippen molar-refractivity contribution >= 4 is 34.1 Å². The zero-order chi connectivity index (χ0) is 25.1. The largest absolute Gasteiger partial charge is 0.494 e. The SMILES string of the molecule is COC(=O)c1ccc2c(C(=Nc3ccc(C(=O)C4CCCCC4)cc3)c3ccccc3)c(O)[nH]c2c1. The lowest BCUT2D eigenvalue weighted by molar-refractivity contribution is 0.0600. The van der Waals surface area contributed by atoms with E-state index in [1.165, 1.54) is 13.5 Å². The molecule has 0 saturated heterocycles. The van der Waals surface area contributed by atoms with Crippen LogP contribution in [-0.2, 0) is 4.74 Å². The van der Waals surface area contributed by atoms with E-state index in [2.05, 4.69) is 4.98 Å². The number of H-pyrrole nitrogens is 1. The maximum Gasteiger partial charge on any atom is 0.337 e. The van der Waals surface area contributed by atoms with Gasteiger partial charge in [-0.1, -0.05) is 55.7 Å². The van der Waals surface area contributed by atoms with Crippen molar-refractivity contribution in [2.75, 3.05) is 7.11 Å². The molecule has 36 heavy (non-hydrogen) atoms. The molecule has 0 amide bonds. The molecule has 4 aromatic rings. The van der Waals surface area contributed by atoms with Crippen molar-refractivity contribution in [2.45, 2.75) is 32.1 Å². The first-order valence-corrected chi connectivity index (χ1v) is 12.3. The summed E-state index contributed by atoms with van der Waals surface area (Å²) in [5, 5.41) is 11.6. The van der Waals surface area contributed by atoms with Gasteiger partial charge in [-0.15, -0.1) is 0 Å². The molecule has 0 radical (unpaired) electrons. The number of methoxy groups -OCH3 is 1. The highest BCUT2D eigenvalue weighted by molar-refractivity contribution is 6.22. The van der Waals surface area contributed by atoms with Crippen molar-refractivity contribution in [3.63, 3.8) is 0 Å². The predicted molar refractivity (Wildman–Crippen MR) is 140 cm³/mol. The van der Waals surface area contributed by atoms with E-state index >= 15 is 0 Å². The zero-order valence-corrected chi connectivity index (χ0v) is 20.2. The molecular formula is C30H28N2O4. The van der Waals surface area contributed by atoms with Gasteiger partial charge in [-0.25, -0.2) is 9.79 Å². The van der Waals surface area contributed by atoms with Gasteiger partial charge < -0.3 is 14.8 Å². The lowest BCUT2D eigenvalue weighted by atomic mass is 9.84. The number of hydrogen-bond acceptors (Lipinski definition) is 5. The second kappa shape index (κ2) is 10.2. The molecule has 1 aromatic heterocycles. The van der Waals surface area contributed by atoms with Crippen LogP contribution < -0.4 is 0 Å². The molecule has 0 atom stereocenters. The summed E-state index contributed by atoms with van der Waals surface area (Å²) in [4.78, 5) is 32.8. The first-order chi connectivity index (χ1) is 17.5. The summed E-state index contributed by atoms with van der Waals surface area (Å²) < 4.78 is 4.82. The van der Waals surface area contributed by atoms with Crippen LogP contribution in [0.4, 0.5) is 5.69 Å². The van der Waals surface area contributed by atoms with Crippen molar-refractivity contribution in [1.29, 1.82) is 0 Å². The van der Waals surface area contributed by atoms with Gasteiger partial charge in [0, 0.05) is 27.9 Å². The van der Waals surface area contributed by atoms with Gasteiger partial charge in [0.25, 0.3) is 0 Å². The number of carbonyl (C=O) groups is 2. The fourth-order valence-electron chi connectivity index (χ4n) is 4.96. The zero-order valence-electron chi connectivity index (χ0n) is 20.2. The summed E-state index contributed by atoms with van der Waals surface area (Å²) in [6.07, 6.45) is 5.39. The number of carbonyl (C=O) groups excluding carboxylic acids is 2. The molecular weight excluding hydrogens is 452 g/mol. The number of benzene rings is 3. The van der Waals surface area contributed by atoms with E-state index < -0.39 is 5.97 Å². The van der Waals surface area contributed by atoms with Gasteiger partial charge in [-0.2, -0.15) is 0 Å². The number of ketones is 1. The van der Waals surface area contributed by atoms with Crippen LogP contribution in [0.15, 0.2) is 77.8 Å². The molecule has 0 unspecified atom stereocenters. The highest BCUT2D eigenvalue weighted by atomic mass is 16.5. The third kappa shape index (κ3) is 4.67. The molecule has 0 bridgehead atoms. The predicted octanol–water partition coefficient (Wildman–Crippen LogP) is 6.59. The second-order valence-corrected chi connectivity index (χ2v) is 9.17. The number of fused-ring (bicyclic) bond motifs is 1. The molecule has 1 aliphatic rings. The molecule has 1 heterocycles. The smallest absolute Gasteiger partial charge is 0.337 e. The molecule has 3 aromatic carbocycles. The van der Waals surface area contributed by atoms with E-state index in [0.717, 1.165) is 36.6 Å². The Kier molecular flexibility index (Phi) is 6.67. The van der Waals surface area contributed by atoms with Gasteiger partial charge in [-0.05, 0) is 49.2 Å². The van der Waals surface area contributed by atoms with Crippen LogP contribution in [-0.4, -0.2) is 34.7 Å². The molecule has 1 saturated carbocycles. The number of rotatable bonds is 6. The van der Waals surface area contributed by atoms with E-state index in [9.17, 15) is 14.7 Å². The first kappa shape index (κ1) is 23.5. The summed E-state index contributed by atoms with van der Waals surface area (Å²) in [7, 11) is 1.33. The number of nitrogens with zero attached hydrogens (tertiary/aromatic N) is 1. The van der Waals surface area contributed by atoms with Gasteiger partial charge in [0.05, 0.1) is 29.6 Å². The number of hydrogen-bond donors (Lipinski definition) is 2. The van der Waals surface area contributed by atoms with E-state index in [1.54, 1.807) is 18.2 Å². The fraction of sp³-hybridized carbons (Fsp3) is 0.233. The van der Waals surface area contributed by atoms with Crippen molar-refractivity contribution in [3.8, 4) is 5.88 Å². The van der Waals surface area contributed by atoms with Crippen LogP contribution in [0.25, 0.3) is 10.9 Å². The molecule has 6 heteroatoms. The number of aromatic nitrogens is 1. The Morgan fingerprint density at radius 3 is 2.28 bits per heavy atom. The van der Waals surface area contributed by atoms with Crippen molar-refractivity contribution in [3.05, 3.63) is 95.1 Å². The maximum atomic E-state index is 12.9. The molecule has 0 spiro atoms. The molecule has 1 aliphatic carbocycles. The van der Waals surface area contributed by atoms with E-state index in [1.807, 2.05) is 54.6 Å². The number of nitrogens with one attached hydrogen (secondary N) is 1. The second-order valence-electron chi connectivity index (χ2n) is 9.17. The Balaban J connectivity index is 1.55. The van der Waals surface area contributed by atoms with Crippen LogP contribution in [0.5, 0.6) is 5.88 Å². The third-order valence-electron chi connectivity index (χ3n) is 6.85. The molecule has 5 rings (SSSR count). The van der Waals surface area contributed by atoms with Gasteiger partial charge >= 0.3 is 5.97 Å². The normalized spacial score (nSPS) is 14.6. The Labute approximate surface area is 209 Å². The van der Waals surface area contributed by atoms with Crippen LogP contribution in [0, 0.1) is 5.92 Å². The van der Waals surface area contributed by atoms with Gasteiger partial charge in [0.2, 0.25) is 0 Å². The quantitative estimate of drug-likeness (QED) is 0.185.